The number of hydrogen-bond donors (Lipinski definition) is 2. The number of benzene rings is 1. The van der Waals surface area contributed by atoms with Gasteiger partial charge in [-0.05, 0) is 59.0 Å². The molecule has 3 aromatic heterocycles. The van der Waals surface area contributed by atoms with Crippen molar-refractivity contribution in [3.63, 3.8) is 0 Å². The van der Waals surface area contributed by atoms with Crippen molar-refractivity contribution in [1.29, 1.82) is 0 Å². The van der Waals surface area contributed by atoms with E-state index in [1.165, 1.54) is 23.4 Å². The van der Waals surface area contributed by atoms with Gasteiger partial charge in [-0.2, -0.15) is 4.68 Å². The lowest BCUT2D eigenvalue weighted by Gasteiger charge is -2.07. The summed E-state index contributed by atoms with van der Waals surface area (Å²) < 4.78 is 1.67. The number of aryl methyl sites for hydroxylation is 2. The average Bonchev–Trinajstić information content (AvgIpc) is 3.35. The number of fused-ring (bicyclic) bond motifs is 1. The number of nitrogens with one attached hydrogen (secondary N) is 1. The van der Waals surface area contributed by atoms with E-state index in [2.05, 4.69) is 39.6 Å². The van der Waals surface area contributed by atoms with Gasteiger partial charge < -0.3 is 10.1 Å². The van der Waals surface area contributed by atoms with E-state index in [1.54, 1.807) is 11.6 Å². The Bertz CT molecular complexity index is 1290. The van der Waals surface area contributed by atoms with Crippen LogP contribution in [0.4, 0.5) is 0 Å². The standard InChI is InChI=1S/C21H21N5O3S2/c1-3-4-5-13-6-8-15(9-7-13)26-21(23-24-25-26)30-11-14-10-16(27)22-19-17(14)12(2)18(31-19)20(28)29/h6-10H,3-5,11H2,1-2H3,(H,22,27)(H,28,29). The summed E-state index contributed by atoms with van der Waals surface area (Å²) in [6.07, 6.45) is 3.36. The monoisotopic (exact) mass is 455 g/mol. The number of carboxylic acid groups (broad SMARTS) is 1. The highest BCUT2D eigenvalue weighted by atomic mass is 32.2. The van der Waals surface area contributed by atoms with Crippen LogP contribution in [0, 0.1) is 6.92 Å². The number of thiophene rings is 1. The average molecular weight is 456 g/mol. The van der Waals surface area contributed by atoms with Crippen molar-refractivity contribution in [1.82, 2.24) is 25.2 Å². The molecule has 0 unspecified atom stereocenters. The van der Waals surface area contributed by atoms with Crippen molar-refractivity contribution < 1.29 is 9.90 Å². The maximum absolute atomic E-state index is 12.1. The first-order valence-electron chi connectivity index (χ1n) is 9.87. The van der Waals surface area contributed by atoms with Crippen LogP contribution < -0.4 is 5.56 Å². The molecule has 0 radical (unpaired) electrons. The van der Waals surface area contributed by atoms with Gasteiger partial charge in [0.1, 0.15) is 9.71 Å². The van der Waals surface area contributed by atoms with Gasteiger partial charge in [-0.3, -0.25) is 4.79 Å². The number of unbranched alkanes of at least 4 members (excludes halogenated alkanes) is 1. The molecule has 0 aliphatic heterocycles. The predicted octanol–water partition coefficient (Wildman–Crippen LogP) is 4.21. The van der Waals surface area contributed by atoms with Crippen molar-refractivity contribution in [3.8, 4) is 5.69 Å². The lowest BCUT2D eigenvalue weighted by Crippen LogP contribution is -2.05. The maximum Gasteiger partial charge on any atom is 0.346 e. The van der Waals surface area contributed by atoms with E-state index in [0.717, 1.165) is 47.2 Å². The van der Waals surface area contributed by atoms with Crippen molar-refractivity contribution in [2.24, 2.45) is 0 Å². The van der Waals surface area contributed by atoms with Crippen LogP contribution in [0.25, 0.3) is 15.9 Å². The lowest BCUT2D eigenvalue weighted by molar-refractivity contribution is 0.0701. The molecule has 8 nitrogen and oxygen atoms in total. The van der Waals surface area contributed by atoms with Gasteiger partial charge in [0, 0.05) is 17.2 Å². The van der Waals surface area contributed by atoms with Crippen molar-refractivity contribution >= 4 is 39.3 Å². The fraction of sp³-hybridized carbons (Fsp3) is 0.286. The summed E-state index contributed by atoms with van der Waals surface area (Å²) in [5, 5.41) is 22.8. The normalized spacial score (nSPS) is 11.3. The van der Waals surface area contributed by atoms with Crippen LogP contribution >= 0.6 is 23.1 Å². The number of rotatable bonds is 8. The molecule has 0 aliphatic carbocycles. The SMILES string of the molecule is CCCCc1ccc(-n2nnnc2SCc2cc(=O)[nH]c3sc(C(=O)O)c(C)c23)cc1. The van der Waals surface area contributed by atoms with Crippen LogP contribution in [0.1, 0.15) is 46.1 Å². The molecule has 0 atom stereocenters. The van der Waals surface area contributed by atoms with E-state index >= 15 is 0 Å². The second kappa shape index (κ2) is 9.03. The molecule has 0 amide bonds. The number of aromatic nitrogens is 5. The Morgan fingerprint density at radius 1 is 1.29 bits per heavy atom. The summed E-state index contributed by atoms with van der Waals surface area (Å²) in [5.41, 5.74) is 3.30. The molecule has 1 aromatic carbocycles. The molecule has 0 aliphatic rings. The number of aromatic amines is 1. The van der Waals surface area contributed by atoms with Crippen LogP contribution in [0.15, 0.2) is 40.3 Å². The Balaban J connectivity index is 1.60. The summed E-state index contributed by atoms with van der Waals surface area (Å²) in [6.45, 7) is 3.94. The molecular formula is C21H21N5O3S2. The Morgan fingerprint density at radius 3 is 2.77 bits per heavy atom. The van der Waals surface area contributed by atoms with E-state index in [0.29, 0.717) is 21.3 Å². The summed E-state index contributed by atoms with van der Waals surface area (Å²) in [4.78, 5) is 27.1. The van der Waals surface area contributed by atoms with E-state index < -0.39 is 5.97 Å². The molecule has 4 rings (SSSR count). The van der Waals surface area contributed by atoms with E-state index in [4.69, 9.17) is 0 Å². The molecule has 0 saturated heterocycles. The minimum Gasteiger partial charge on any atom is -0.477 e. The topological polar surface area (TPSA) is 114 Å². The molecule has 0 spiro atoms. The van der Waals surface area contributed by atoms with Gasteiger partial charge in [-0.15, -0.1) is 16.4 Å². The Kier molecular flexibility index (Phi) is 6.19. The van der Waals surface area contributed by atoms with Gasteiger partial charge in [-0.25, -0.2) is 4.79 Å². The Morgan fingerprint density at radius 2 is 2.06 bits per heavy atom. The number of aromatic carboxylic acids is 1. The molecule has 4 aromatic rings. The number of thioether (sulfide) groups is 1. The first-order valence-corrected chi connectivity index (χ1v) is 11.7. The zero-order valence-corrected chi connectivity index (χ0v) is 18.7. The van der Waals surface area contributed by atoms with Crippen molar-refractivity contribution in [2.45, 2.75) is 44.0 Å². The second-order valence-electron chi connectivity index (χ2n) is 7.16. The smallest absolute Gasteiger partial charge is 0.346 e. The zero-order valence-electron chi connectivity index (χ0n) is 17.1. The highest BCUT2D eigenvalue weighted by molar-refractivity contribution is 7.98. The van der Waals surface area contributed by atoms with Gasteiger partial charge >= 0.3 is 5.97 Å². The third kappa shape index (κ3) is 4.40. The summed E-state index contributed by atoms with van der Waals surface area (Å²) in [7, 11) is 0. The van der Waals surface area contributed by atoms with Crippen LogP contribution in [0.5, 0.6) is 0 Å². The first kappa shape index (κ1) is 21.3. The second-order valence-corrected chi connectivity index (χ2v) is 9.12. The fourth-order valence-electron chi connectivity index (χ4n) is 3.44. The summed E-state index contributed by atoms with van der Waals surface area (Å²) in [6, 6.07) is 9.68. The fourth-order valence-corrected chi connectivity index (χ4v) is 5.40. The van der Waals surface area contributed by atoms with Gasteiger partial charge in [0.05, 0.1) is 5.69 Å². The molecule has 160 valence electrons. The minimum absolute atomic E-state index is 0.232. The number of carboxylic acids is 1. The van der Waals surface area contributed by atoms with Gasteiger partial charge in [0.25, 0.3) is 0 Å². The van der Waals surface area contributed by atoms with Gasteiger partial charge in [-0.1, -0.05) is 37.2 Å². The molecule has 31 heavy (non-hydrogen) atoms. The number of hydrogen-bond acceptors (Lipinski definition) is 7. The number of carbonyl (C=O) groups is 1. The van der Waals surface area contributed by atoms with Gasteiger partial charge in [0.15, 0.2) is 0 Å². The van der Waals surface area contributed by atoms with Crippen molar-refractivity contribution in [3.05, 3.63) is 62.3 Å². The number of H-pyrrole nitrogens is 1. The Labute approximate surface area is 186 Å². The van der Waals surface area contributed by atoms with Gasteiger partial charge in [0.2, 0.25) is 10.7 Å². The number of tetrazole rings is 1. The predicted molar refractivity (Wildman–Crippen MR) is 121 cm³/mol. The third-order valence-corrected chi connectivity index (χ3v) is 7.17. The highest BCUT2D eigenvalue weighted by Crippen LogP contribution is 2.33. The third-order valence-electron chi connectivity index (χ3n) is 5.00. The molecule has 0 fully saturated rings. The van der Waals surface area contributed by atoms with E-state index in [-0.39, 0.29) is 10.4 Å². The number of pyridine rings is 1. The van der Waals surface area contributed by atoms with Crippen molar-refractivity contribution in [2.75, 3.05) is 0 Å². The first-order chi connectivity index (χ1) is 15.0. The molecule has 10 heteroatoms. The van der Waals surface area contributed by atoms with Crippen LogP contribution in [-0.4, -0.2) is 36.3 Å². The molecule has 3 heterocycles. The maximum atomic E-state index is 12.1. The molecule has 2 N–H and O–H groups in total. The number of nitrogens with zero attached hydrogens (tertiary/aromatic N) is 4. The molecule has 0 saturated carbocycles. The molecule has 0 bridgehead atoms. The summed E-state index contributed by atoms with van der Waals surface area (Å²) >= 11 is 2.48. The highest BCUT2D eigenvalue weighted by Gasteiger charge is 2.19. The van der Waals surface area contributed by atoms with Crippen LogP contribution in [0.3, 0.4) is 0 Å². The zero-order chi connectivity index (χ0) is 22.0. The lowest BCUT2D eigenvalue weighted by atomic mass is 10.1. The quantitative estimate of drug-likeness (QED) is 0.383. The summed E-state index contributed by atoms with van der Waals surface area (Å²) in [5.74, 6) is -0.559. The van der Waals surface area contributed by atoms with Crippen LogP contribution in [-0.2, 0) is 12.2 Å². The van der Waals surface area contributed by atoms with E-state index in [1.807, 2.05) is 12.1 Å². The Hall–Kier alpha value is -2.98. The van der Waals surface area contributed by atoms with Crippen LogP contribution in [0.2, 0.25) is 0 Å². The van der Waals surface area contributed by atoms with E-state index in [9.17, 15) is 14.7 Å². The molecular weight excluding hydrogens is 434 g/mol. The largest absolute Gasteiger partial charge is 0.477 e. The minimum atomic E-state index is -0.996.